The number of amides is 1. The van der Waals surface area contributed by atoms with Crippen LogP contribution in [0.1, 0.15) is 70.3 Å². The van der Waals surface area contributed by atoms with Crippen molar-refractivity contribution in [1.29, 1.82) is 0 Å². The zero-order chi connectivity index (χ0) is 24.5. The number of hydrogen-bond donors (Lipinski definition) is 0. The van der Waals surface area contributed by atoms with Gasteiger partial charge in [0.2, 0.25) is 5.91 Å². The Kier molecular flexibility index (Phi) is 9.42. The molecule has 0 spiro atoms. The number of hydrogen-bond acceptors (Lipinski definition) is 4. The molecule has 2 aromatic rings. The van der Waals surface area contributed by atoms with Crippen LogP contribution in [-0.2, 0) is 11.2 Å². The molecule has 1 atom stereocenters. The Balaban J connectivity index is 1.70. The predicted octanol–water partition coefficient (Wildman–Crippen LogP) is 7.06. The van der Waals surface area contributed by atoms with Crippen molar-refractivity contribution >= 4 is 11.6 Å². The lowest BCUT2D eigenvalue weighted by Gasteiger charge is -2.31. The van der Waals surface area contributed by atoms with Gasteiger partial charge in [0.05, 0.1) is 4.92 Å². The van der Waals surface area contributed by atoms with Crippen LogP contribution in [0.4, 0.5) is 10.1 Å². The molecule has 6 nitrogen and oxygen atoms in total. The quantitative estimate of drug-likeness (QED) is 0.260. The minimum atomic E-state index is -0.494. The first kappa shape index (κ1) is 25.7. The average molecular weight is 471 g/mol. The second-order valence-electron chi connectivity index (χ2n) is 9.27. The number of benzene rings is 2. The number of ether oxygens (including phenoxy) is 1. The van der Waals surface area contributed by atoms with Crippen molar-refractivity contribution in [2.45, 2.75) is 77.2 Å². The van der Waals surface area contributed by atoms with E-state index in [9.17, 15) is 19.3 Å². The summed E-state index contributed by atoms with van der Waals surface area (Å²) in [4.78, 5) is 26.0. The molecule has 2 aromatic carbocycles. The molecule has 1 unspecified atom stereocenters. The van der Waals surface area contributed by atoms with Gasteiger partial charge >= 0.3 is 0 Å². The zero-order valence-electron chi connectivity index (χ0n) is 20.2. The maximum Gasteiger partial charge on any atom is 0.272 e. The Morgan fingerprint density at radius 1 is 1.18 bits per heavy atom. The van der Waals surface area contributed by atoms with Gasteiger partial charge in [-0.1, -0.05) is 51.2 Å². The lowest BCUT2D eigenvalue weighted by atomic mass is 9.89. The molecule has 0 N–H and O–H groups in total. The number of nitrogens with zero attached hydrogens (tertiary/aromatic N) is 2. The van der Waals surface area contributed by atoms with E-state index >= 15 is 0 Å². The summed E-state index contributed by atoms with van der Waals surface area (Å²) in [5.74, 6) is 0.222. The van der Waals surface area contributed by atoms with Crippen LogP contribution in [0.5, 0.6) is 11.5 Å². The highest BCUT2D eigenvalue weighted by Gasteiger charge is 2.24. The highest BCUT2D eigenvalue weighted by Crippen LogP contribution is 2.32. The second-order valence-corrected chi connectivity index (χ2v) is 9.27. The zero-order valence-corrected chi connectivity index (χ0v) is 20.2. The van der Waals surface area contributed by atoms with Crippen molar-refractivity contribution < 1.29 is 18.8 Å². The molecule has 1 aliphatic carbocycles. The van der Waals surface area contributed by atoms with Crippen LogP contribution in [0.15, 0.2) is 42.5 Å². The fraction of sp³-hybridized carbons (Fsp3) is 0.519. The molecule has 0 radical (unpaired) electrons. The summed E-state index contributed by atoms with van der Waals surface area (Å²) in [6.45, 7) is 2.08. The van der Waals surface area contributed by atoms with E-state index in [0.29, 0.717) is 36.6 Å². The fourth-order valence-electron chi connectivity index (χ4n) is 4.87. The van der Waals surface area contributed by atoms with Gasteiger partial charge in [0, 0.05) is 31.1 Å². The molecule has 184 valence electrons. The standard InChI is InChI=1S/C27H35FN2O4/c1-3-9-20(14-17-27(31)29(2)22-10-5-4-6-11-22)18-21-19-23(15-16-25(21)30(32)33)34-26-13-8-7-12-24(26)28/h7-8,12-13,15-16,19-20,22H,3-6,9-11,14,17-18H2,1-2H3. The smallest absolute Gasteiger partial charge is 0.272 e. The molecule has 1 saturated carbocycles. The van der Waals surface area contributed by atoms with Crippen molar-refractivity contribution in [2.24, 2.45) is 5.92 Å². The SMILES string of the molecule is CCCC(CCC(=O)N(C)C1CCCCC1)Cc1cc(Oc2ccccc2F)ccc1[N+](=O)[O-]. The van der Waals surface area contributed by atoms with Gasteiger partial charge in [-0.2, -0.15) is 0 Å². The summed E-state index contributed by atoms with van der Waals surface area (Å²) in [6.07, 6.45) is 9.13. The van der Waals surface area contributed by atoms with Gasteiger partial charge in [-0.15, -0.1) is 0 Å². The molecular formula is C27H35FN2O4. The second kappa shape index (κ2) is 12.5. The van der Waals surface area contributed by atoms with E-state index < -0.39 is 10.7 Å². The van der Waals surface area contributed by atoms with Crippen LogP contribution in [0.25, 0.3) is 0 Å². The van der Waals surface area contributed by atoms with Gasteiger partial charge < -0.3 is 9.64 Å². The van der Waals surface area contributed by atoms with Crippen LogP contribution in [0.2, 0.25) is 0 Å². The number of carbonyl (C=O) groups excluding carboxylic acids is 1. The molecule has 0 heterocycles. The molecule has 0 aromatic heterocycles. The number of nitro groups is 1. The lowest BCUT2D eigenvalue weighted by molar-refractivity contribution is -0.385. The molecule has 7 heteroatoms. The van der Waals surface area contributed by atoms with E-state index in [4.69, 9.17) is 4.74 Å². The molecule has 1 fully saturated rings. The molecule has 34 heavy (non-hydrogen) atoms. The summed E-state index contributed by atoms with van der Waals surface area (Å²) in [6, 6.07) is 10.9. The predicted molar refractivity (Wildman–Crippen MR) is 131 cm³/mol. The van der Waals surface area contributed by atoms with Crippen molar-refractivity contribution in [3.05, 3.63) is 64.0 Å². The van der Waals surface area contributed by atoms with Gasteiger partial charge in [0.1, 0.15) is 5.75 Å². The number of carbonyl (C=O) groups is 1. The first-order valence-electron chi connectivity index (χ1n) is 12.3. The van der Waals surface area contributed by atoms with Gasteiger partial charge in [0.15, 0.2) is 11.6 Å². The van der Waals surface area contributed by atoms with Gasteiger partial charge in [0.25, 0.3) is 5.69 Å². The molecule has 1 amide bonds. The summed E-state index contributed by atoms with van der Waals surface area (Å²) < 4.78 is 19.7. The van der Waals surface area contributed by atoms with E-state index in [2.05, 4.69) is 6.92 Å². The van der Waals surface area contributed by atoms with Crippen LogP contribution < -0.4 is 4.74 Å². The van der Waals surface area contributed by atoms with Gasteiger partial charge in [-0.3, -0.25) is 14.9 Å². The van der Waals surface area contributed by atoms with Crippen LogP contribution >= 0.6 is 0 Å². The average Bonchev–Trinajstić information content (AvgIpc) is 2.84. The van der Waals surface area contributed by atoms with Crippen LogP contribution in [-0.4, -0.2) is 28.8 Å². The van der Waals surface area contributed by atoms with E-state index in [1.807, 2.05) is 11.9 Å². The number of para-hydroxylation sites is 1. The van der Waals surface area contributed by atoms with Crippen molar-refractivity contribution in [2.75, 3.05) is 7.05 Å². The molecule has 0 saturated heterocycles. The van der Waals surface area contributed by atoms with Crippen molar-refractivity contribution in [1.82, 2.24) is 4.90 Å². The first-order valence-corrected chi connectivity index (χ1v) is 12.3. The molecule has 3 rings (SSSR count). The van der Waals surface area contributed by atoms with E-state index in [1.165, 1.54) is 43.5 Å². The topological polar surface area (TPSA) is 72.7 Å². The fourth-order valence-corrected chi connectivity index (χ4v) is 4.87. The third-order valence-corrected chi connectivity index (χ3v) is 6.80. The van der Waals surface area contributed by atoms with Crippen LogP contribution in [0.3, 0.4) is 0 Å². The summed E-state index contributed by atoms with van der Waals surface area (Å²) in [7, 11) is 1.90. The van der Waals surface area contributed by atoms with Gasteiger partial charge in [-0.25, -0.2) is 4.39 Å². The number of nitro benzene ring substituents is 1. The number of rotatable bonds is 11. The molecule has 0 aliphatic heterocycles. The minimum absolute atomic E-state index is 0.0210. The van der Waals surface area contributed by atoms with E-state index in [1.54, 1.807) is 18.2 Å². The largest absolute Gasteiger partial charge is 0.454 e. The van der Waals surface area contributed by atoms with E-state index in [0.717, 1.165) is 25.7 Å². The first-order chi connectivity index (χ1) is 16.4. The maximum atomic E-state index is 14.0. The summed E-state index contributed by atoms with van der Waals surface area (Å²) in [5.41, 5.74) is 0.568. The normalized spacial score (nSPS) is 15.0. The molecule has 0 bridgehead atoms. The molecular weight excluding hydrogens is 435 g/mol. The Morgan fingerprint density at radius 2 is 1.91 bits per heavy atom. The Morgan fingerprint density at radius 3 is 2.59 bits per heavy atom. The highest BCUT2D eigenvalue weighted by molar-refractivity contribution is 5.76. The van der Waals surface area contributed by atoms with Gasteiger partial charge in [-0.05, 0) is 55.9 Å². The number of halogens is 1. The monoisotopic (exact) mass is 470 g/mol. The summed E-state index contributed by atoms with van der Waals surface area (Å²) in [5, 5.41) is 11.7. The van der Waals surface area contributed by atoms with Crippen molar-refractivity contribution in [3.63, 3.8) is 0 Å². The lowest BCUT2D eigenvalue weighted by Crippen LogP contribution is -2.38. The third-order valence-electron chi connectivity index (χ3n) is 6.80. The Bertz CT molecular complexity index is 975. The molecule has 1 aliphatic rings. The van der Waals surface area contributed by atoms with E-state index in [-0.39, 0.29) is 23.3 Å². The Labute approximate surface area is 201 Å². The summed E-state index contributed by atoms with van der Waals surface area (Å²) >= 11 is 0. The third kappa shape index (κ3) is 7.02. The Hall–Kier alpha value is -2.96. The minimum Gasteiger partial charge on any atom is -0.454 e. The van der Waals surface area contributed by atoms with Crippen LogP contribution in [0, 0.1) is 21.8 Å². The van der Waals surface area contributed by atoms with Crippen molar-refractivity contribution in [3.8, 4) is 11.5 Å². The maximum absolute atomic E-state index is 14.0. The highest BCUT2D eigenvalue weighted by atomic mass is 19.1.